The Hall–Kier alpha value is -0.0551. The standard InChI is InChI=1S/C13H24BNO2/c1-8(2)16-14-15-11-6-9-10(12(9,3)4)7-13(11,5)17-14/h8-11,15H,6-7H2,1-5H3/t9-,10+,11-,13+/m1/s1. The van der Waals surface area contributed by atoms with Gasteiger partial charge in [-0.25, -0.2) is 0 Å². The molecule has 1 aliphatic heterocycles. The molecule has 4 atom stereocenters. The molecule has 0 amide bonds. The minimum absolute atomic E-state index is 0.0194. The van der Waals surface area contributed by atoms with Crippen LogP contribution in [0.4, 0.5) is 0 Å². The molecule has 3 rings (SSSR count). The summed E-state index contributed by atoms with van der Waals surface area (Å²) in [4.78, 5) is 0. The fourth-order valence-electron chi connectivity index (χ4n) is 3.94. The molecule has 1 saturated heterocycles. The van der Waals surface area contributed by atoms with Gasteiger partial charge in [-0.15, -0.1) is 0 Å². The lowest BCUT2D eigenvalue weighted by molar-refractivity contribution is 0.0297. The molecule has 4 heteroatoms. The van der Waals surface area contributed by atoms with Gasteiger partial charge in [-0.2, -0.15) is 0 Å². The number of rotatable bonds is 2. The quantitative estimate of drug-likeness (QED) is 0.747. The minimum atomic E-state index is -0.203. The molecule has 3 nitrogen and oxygen atoms in total. The molecule has 0 aromatic carbocycles. The Labute approximate surface area is 105 Å². The summed E-state index contributed by atoms with van der Waals surface area (Å²) in [5.41, 5.74) is 0.515. The van der Waals surface area contributed by atoms with Gasteiger partial charge >= 0.3 is 7.25 Å². The third kappa shape index (κ3) is 1.76. The normalized spacial score (nSPS) is 46.9. The molecule has 17 heavy (non-hydrogen) atoms. The van der Waals surface area contributed by atoms with E-state index in [0.29, 0.717) is 11.5 Å². The van der Waals surface area contributed by atoms with E-state index >= 15 is 0 Å². The van der Waals surface area contributed by atoms with Gasteiger partial charge in [-0.05, 0) is 50.9 Å². The van der Waals surface area contributed by atoms with Crippen LogP contribution in [-0.4, -0.2) is 25.0 Å². The SMILES string of the molecule is CC(C)OB1N[C@@H]2C[C@@H]3[C@H](C[C@]2(C)O1)C3(C)C. The maximum absolute atomic E-state index is 6.12. The first-order chi connectivity index (χ1) is 7.83. The second-order valence-corrected chi connectivity index (χ2v) is 7.14. The summed E-state index contributed by atoms with van der Waals surface area (Å²) in [6.45, 7) is 11.1. The van der Waals surface area contributed by atoms with E-state index < -0.39 is 0 Å². The number of fused-ring (bicyclic) bond motifs is 2. The zero-order chi connectivity index (χ0) is 12.4. The Bertz CT molecular complexity index is 333. The fourth-order valence-corrected chi connectivity index (χ4v) is 3.94. The van der Waals surface area contributed by atoms with E-state index in [4.69, 9.17) is 9.31 Å². The van der Waals surface area contributed by atoms with Crippen molar-refractivity contribution in [2.24, 2.45) is 17.3 Å². The van der Waals surface area contributed by atoms with Crippen LogP contribution in [-0.2, 0) is 9.31 Å². The third-order valence-corrected chi connectivity index (χ3v) is 5.25. The van der Waals surface area contributed by atoms with Crippen LogP contribution in [0.15, 0.2) is 0 Å². The molecule has 3 aliphatic rings. The smallest absolute Gasteiger partial charge is 0.395 e. The van der Waals surface area contributed by atoms with Crippen LogP contribution in [0, 0.1) is 17.3 Å². The van der Waals surface area contributed by atoms with Crippen molar-refractivity contribution in [3.05, 3.63) is 0 Å². The molecule has 2 saturated carbocycles. The highest BCUT2D eigenvalue weighted by atomic mass is 16.6. The van der Waals surface area contributed by atoms with E-state index in [1.807, 2.05) is 0 Å². The molecular weight excluding hydrogens is 213 g/mol. The van der Waals surface area contributed by atoms with Gasteiger partial charge in [0.15, 0.2) is 0 Å². The molecule has 0 aromatic heterocycles. The summed E-state index contributed by atoms with van der Waals surface area (Å²) >= 11 is 0. The van der Waals surface area contributed by atoms with E-state index in [9.17, 15) is 0 Å². The zero-order valence-electron chi connectivity index (χ0n) is 11.6. The second-order valence-electron chi connectivity index (χ2n) is 7.14. The highest BCUT2D eigenvalue weighted by Gasteiger charge is 2.66. The topological polar surface area (TPSA) is 30.5 Å². The Kier molecular flexibility index (Phi) is 2.46. The summed E-state index contributed by atoms with van der Waals surface area (Å²) < 4.78 is 11.9. The van der Waals surface area contributed by atoms with Crippen molar-refractivity contribution in [1.29, 1.82) is 0 Å². The summed E-state index contributed by atoms with van der Waals surface area (Å²) in [6, 6.07) is 0.467. The zero-order valence-corrected chi connectivity index (χ0v) is 11.6. The van der Waals surface area contributed by atoms with E-state index in [2.05, 4.69) is 39.8 Å². The first-order valence-corrected chi connectivity index (χ1v) is 6.92. The van der Waals surface area contributed by atoms with Crippen LogP contribution >= 0.6 is 0 Å². The first-order valence-electron chi connectivity index (χ1n) is 6.92. The Morgan fingerprint density at radius 3 is 2.65 bits per heavy atom. The molecule has 0 spiro atoms. The lowest BCUT2D eigenvalue weighted by atomic mass is 9.82. The molecule has 0 unspecified atom stereocenters. The van der Waals surface area contributed by atoms with Gasteiger partial charge in [0.2, 0.25) is 0 Å². The van der Waals surface area contributed by atoms with Gasteiger partial charge in [0.1, 0.15) is 0 Å². The maximum Gasteiger partial charge on any atom is 0.555 e. The number of hydrogen-bond acceptors (Lipinski definition) is 3. The largest absolute Gasteiger partial charge is 0.555 e. The predicted molar refractivity (Wildman–Crippen MR) is 68.4 cm³/mol. The van der Waals surface area contributed by atoms with Crippen molar-refractivity contribution in [2.75, 3.05) is 0 Å². The molecule has 1 N–H and O–H groups in total. The Morgan fingerprint density at radius 2 is 2.00 bits per heavy atom. The summed E-state index contributed by atoms with van der Waals surface area (Å²) in [5.74, 6) is 1.73. The average molecular weight is 237 g/mol. The van der Waals surface area contributed by atoms with Gasteiger partial charge in [-0.1, -0.05) is 13.8 Å². The molecule has 0 aromatic rings. The van der Waals surface area contributed by atoms with Crippen molar-refractivity contribution in [1.82, 2.24) is 5.23 Å². The summed E-state index contributed by atoms with van der Waals surface area (Å²) in [5, 5.41) is 3.52. The molecule has 1 heterocycles. The maximum atomic E-state index is 6.12. The molecule has 3 fully saturated rings. The van der Waals surface area contributed by atoms with E-state index in [0.717, 1.165) is 11.8 Å². The van der Waals surface area contributed by atoms with Crippen LogP contribution in [0.3, 0.4) is 0 Å². The molecule has 0 radical (unpaired) electrons. The highest BCUT2D eigenvalue weighted by Crippen LogP contribution is 2.67. The van der Waals surface area contributed by atoms with Crippen molar-refractivity contribution >= 4 is 7.25 Å². The molecule has 2 aliphatic carbocycles. The Balaban J connectivity index is 1.69. The van der Waals surface area contributed by atoms with Gasteiger partial charge in [-0.3, -0.25) is 5.23 Å². The van der Waals surface area contributed by atoms with Gasteiger partial charge in [0.05, 0.1) is 5.60 Å². The van der Waals surface area contributed by atoms with Crippen LogP contribution in [0.1, 0.15) is 47.5 Å². The lowest BCUT2D eigenvalue weighted by Gasteiger charge is -2.34. The second kappa shape index (κ2) is 3.49. The highest BCUT2D eigenvalue weighted by molar-refractivity contribution is 6.42. The van der Waals surface area contributed by atoms with Gasteiger partial charge < -0.3 is 9.31 Å². The van der Waals surface area contributed by atoms with Crippen molar-refractivity contribution in [3.8, 4) is 0 Å². The van der Waals surface area contributed by atoms with Gasteiger partial charge in [0, 0.05) is 12.1 Å². The number of nitrogens with one attached hydrogen (secondary N) is 1. The Morgan fingerprint density at radius 1 is 1.29 bits per heavy atom. The first kappa shape index (κ1) is 12.0. The minimum Gasteiger partial charge on any atom is -0.395 e. The summed E-state index contributed by atoms with van der Waals surface area (Å²) in [6.07, 6.45) is 2.63. The predicted octanol–water partition coefficient (Wildman–Crippen LogP) is 2.21. The van der Waals surface area contributed by atoms with E-state index in [-0.39, 0.29) is 19.0 Å². The molecule has 96 valence electrons. The average Bonchev–Trinajstić information content (AvgIpc) is 2.56. The van der Waals surface area contributed by atoms with Crippen molar-refractivity contribution in [3.63, 3.8) is 0 Å². The fraction of sp³-hybridized carbons (Fsp3) is 1.00. The summed E-state index contributed by atoms with van der Waals surface area (Å²) in [7, 11) is -0.203. The van der Waals surface area contributed by atoms with Gasteiger partial charge in [0.25, 0.3) is 0 Å². The van der Waals surface area contributed by atoms with Crippen LogP contribution < -0.4 is 5.23 Å². The van der Waals surface area contributed by atoms with E-state index in [1.165, 1.54) is 12.8 Å². The molecule has 0 bridgehead atoms. The van der Waals surface area contributed by atoms with Crippen LogP contribution in [0.2, 0.25) is 0 Å². The molecular formula is C13H24BNO2. The monoisotopic (exact) mass is 237 g/mol. The van der Waals surface area contributed by atoms with Crippen molar-refractivity contribution < 1.29 is 9.31 Å². The lowest BCUT2D eigenvalue weighted by Crippen LogP contribution is -2.45. The number of hydrogen-bond donors (Lipinski definition) is 1. The van der Waals surface area contributed by atoms with Crippen molar-refractivity contribution in [2.45, 2.75) is 65.2 Å². The van der Waals surface area contributed by atoms with Crippen LogP contribution in [0.5, 0.6) is 0 Å². The van der Waals surface area contributed by atoms with Crippen LogP contribution in [0.25, 0.3) is 0 Å². The third-order valence-electron chi connectivity index (χ3n) is 5.25. The van der Waals surface area contributed by atoms with E-state index in [1.54, 1.807) is 0 Å².